The summed E-state index contributed by atoms with van der Waals surface area (Å²) in [6.07, 6.45) is 13.8. The SMILES string of the molecule is [Br-].[CH2-]CCCCC(CC)CCCCCC.[Mg+2]. The zero-order chi connectivity index (χ0) is 10.6. The van der Waals surface area contributed by atoms with Crippen molar-refractivity contribution in [3.8, 4) is 0 Å². The fourth-order valence-corrected chi connectivity index (χ4v) is 2.02. The Morgan fingerprint density at radius 2 is 1.44 bits per heavy atom. The van der Waals surface area contributed by atoms with Gasteiger partial charge >= 0.3 is 23.1 Å². The maximum Gasteiger partial charge on any atom is 2.00 e. The van der Waals surface area contributed by atoms with Gasteiger partial charge in [0.15, 0.2) is 0 Å². The van der Waals surface area contributed by atoms with Gasteiger partial charge in [-0.1, -0.05) is 71.6 Å². The van der Waals surface area contributed by atoms with Crippen molar-refractivity contribution in [3.63, 3.8) is 0 Å². The van der Waals surface area contributed by atoms with E-state index in [4.69, 9.17) is 0 Å². The molecule has 1 atom stereocenters. The third-order valence-electron chi connectivity index (χ3n) is 3.16. The zero-order valence-electron chi connectivity index (χ0n) is 11.4. The van der Waals surface area contributed by atoms with E-state index < -0.39 is 0 Å². The van der Waals surface area contributed by atoms with Crippen molar-refractivity contribution in [2.75, 3.05) is 0 Å². The quantitative estimate of drug-likeness (QED) is 0.329. The number of rotatable bonds is 10. The van der Waals surface area contributed by atoms with Gasteiger partial charge in [-0.25, -0.2) is 0 Å². The topological polar surface area (TPSA) is 0 Å². The van der Waals surface area contributed by atoms with E-state index in [-0.39, 0.29) is 40.0 Å². The van der Waals surface area contributed by atoms with Crippen LogP contribution >= 0.6 is 0 Å². The molecular weight excluding hydrogens is 272 g/mol. The molecule has 0 fully saturated rings. The zero-order valence-corrected chi connectivity index (χ0v) is 14.4. The first-order valence-electron chi connectivity index (χ1n) is 6.64. The molecule has 1 unspecified atom stereocenters. The average Bonchev–Trinajstić information content (AvgIpc) is 2.22. The van der Waals surface area contributed by atoms with Crippen LogP contribution in [0.5, 0.6) is 0 Å². The van der Waals surface area contributed by atoms with E-state index in [0.717, 1.165) is 12.3 Å². The van der Waals surface area contributed by atoms with E-state index in [1.807, 2.05) is 0 Å². The van der Waals surface area contributed by atoms with Crippen LogP contribution < -0.4 is 17.0 Å². The Balaban J connectivity index is -0.000000845. The van der Waals surface area contributed by atoms with Crippen molar-refractivity contribution in [1.82, 2.24) is 0 Å². The van der Waals surface area contributed by atoms with Crippen molar-refractivity contribution < 1.29 is 17.0 Å². The smallest absolute Gasteiger partial charge is 1.00 e. The summed E-state index contributed by atoms with van der Waals surface area (Å²) in [4.78, 5) is 0. The maximum absolute atomic E-state index is 3.89. The molecule has 0 aliphatic heterocycles. The first-order valence-corrected chi connectivity index (χ1v) is 6.64. The summed E-state index contributed by atoms with van der Waals surface area (Å²) < 4.78 is 0. The minimum atomic E-state index is 0. The molecule has 0 bridgehead atoms. The van der Waals surface area contributed by atoms with E-state index in [0.29, 0.717) is 0 Å². The summed E-state index contributed by atoms with van der Waals surface area (Å²) in [5.41, 5.74) is 0. The Hall–Kier alpha value is 1.25. The van der Waals surface area contributed by atoms with Gasteiger partial charge in [0.2, 0.25) is 0 Å². The molecule has 0 aromatic carbocycles. The number of halogens is 1. The monoisotopic (exact) mass is 300 g/mol. The molecule has 0 saturated carbocycles. The molecule has 0 heterocycles. The third kappa shape index (κ3) is 15.2. The van der Waals surface area contributed by atoms with Gasteiger partial charge in [0, 0.05) is 0 Å². The number of hydrogen-bond donors (Lipinski definition) is 0. The molecule has 0 spiro atoms. The molecule has 0 radical (unpaired) electrons. The van der Waals surface area contributed by atoms with Crippen LogP contribution in [0.3, 0.4) is 0 Å². The number of unbranched alkanes of at least 4 members (excludes halogenated alkanes) is 5. The van der Waals surface area contributed by atoms with Gasteiger partial charge in [0.1, 0.15) is 0 Å². The summed E-state index contributed by atoms with van der Waals surface area (Å²) in [6.45, 7) is 8.52. The van der Waals surface area contributed by atoms with E-state index in [2.05, 4.69) is 20.8 Å². The van der Waals surface area contributed by atoms with Gasteiger partial charge in [-0.3, -0.25) is 0 Å². The molecule has 0 rings (SSSR count). The van der Waals surface area contributed by atoms with Crippen molar-refractivity contribution in [2.45, 2.75) is 78.1 Å². The van der Waals surface area contributed by atoms with Gasteiger partial charge in [0.25, 0.3) is 0 Å². The minimum Gasteiger partial charge on any atom is -1.00 e. The first kappa shape index (κ1) is 22.4. The van der Waals surface area contributed by atoms with Crippen LogP contribution in [0.1, 0.15) is 78.1 Å². The summed E-state index contributed by atoms with van der Waals surface area (Å²) in [5, 5.41) is 0. The predicted molar refractivity (Wildman–Crippen MR) is 72.1 cm³/mol. The second-order valence-corrected chi connectivity index (χ2v) is 4.47. The van der Waals surface area contributed by atoms with E-state index >= 15 is 0 Å². The van der Waals surface area contributed by atoms with Crippen molar-refractivity contribution in [2.24, 2.45) is 5.92 Å². The molecular formula is C14H29BrMg. The van der Waals surface area contributed by atoms with Gasteiger partial charge in [-0.05, 0) is 5.92 Å². The molecule has 16 heavy (non-hydrogen) atoms. The molecule has 0 nitrogen and oxygen atoms in total. The standard InChI is InChI=1S/C14H29.BrH.Mg/c1-4-7-9-11-13-14(6-3)12-10-8-5-2;;/h14H,2,4-13H2,1,3H3;1H;/q-1;;+2/p-1. The Labute approximate surface area is 130 Å². The Morgan fingerprint density at radius 1 is 0.875 bits per heavy atom. The predicted octanol–water partition coefficient (Wildman–Crippen LogP) is 2.00. The molecule has 0 aromatic heterocycles. The second kappa shape index (κ2) is 18.6. The Kier molecular flexibility index (Phi) is 26.1. The van der Waals surface area contributed by atoms with Crippen LogP contribution in [0.2, 0.25) is 0 Å². The second-order valence-electron chi connectivity index (χ2n) is 4.47. The summed E-state index contributed by atoms with van der Waals surface area (Å²) in [6, 6.07) is 0. The van der Waals surface area contributed by atoms with Gasteiger partial charge in [0.05, 0.1) is 0 Å². The van der Waals surface area contributed by atoms with Crippen LogP contribution in [0.25, 0.3) is 0 Å². The normalized spacial score (nSPS) is 11.4. The van der Waals surface area contributed by atoms with Crippen LogP contribution in [-0.2, 0) is 0 Å². The van der Waals surface area contributed by atoms with E-state index in [1.165, 1.54) is 57.8 Å². The molecule has 2 heteroatoms. The van der Waals surface area contributed by atoms with Crippen LogP contribution in [-0.4, -0.2) is 23.1 Å². The summed E-state index contributed by atoms with van der Waals surface area (Å²) in [7, 11) is 0. The van der Waals surface area contributed by atoms with Crippen molar-refractivity contribution >= 4 is 23.1 Å². The maximum atomic E-state index is 3.89. The summed E-state index contributed by atoms with van der Waals surface area (Å²) >= 11 is 0. The van der Waals surface area contributed by atoms with Gasteiger partial charge in [-0.2, -0.15) is 6.42 Å². The fourth-order valence-electron chi connectivity index (χ4n) is 2.02. The fraction of sp³-hybridized carbons (Fsp3) is 0.929. The molecule has 0 aliphatic rings. The molecule has 0 aliphatic carbocycles. The number of hydrogen-bond acceptors (Lipinski definition) is 0. The van der Waals surface area contributed by atoms with Crippen LogP contribution in [0, 0.1) is 12.8 Å². The summed E-state index contributed by atoms with van der Waals surface area (Å²) in [5.74, 6) is 0.999. The first-order chi connectivity index (χ1) is 6.85. The minimum absolute atomic E-state index is 0. The average molecular weight is 302 g/mol. The molecule has 0 amide bonds. The largest absolute Gasteiger partial charge is 2.00 e. The Bertz CT molecular complexity index is 107. The molecule has 0 N–H and O–H groups in total. The van der Waals surface area contributed by atoms with Gasteiger partial charge < -0.3 is 23.9 Å². The molecule has 0 aromatic rings. The molecule has 0 saturated heterocycles. The van der Waals surface area contributed by atoms with Crippen molar-refractivity contribution in [1.29, 1.82) is 0 Å². The van der Waals surface area contributed by atoms with Crippen LogP contribution in [0.15, 0.2) is 0 Å². The van der Waals surface area contributed by atoms with E-state index in [9.17, 15) is 0 Å². The van der Waals surface area contributed by atoms with E-state index in [1.54, 1.807) is 0 Å². The molecule has 94 valence electrons. The van der Waals surface area contributed by atoms with Crippen molar-refractivity contribution in [3.05, 3.63) is 6.92 Å². The third-order valence-corrected chi connectivity index (χ3v) is 3.16. The Morgan fingerprint density at radius 3 is 1.88 bits per heavy atom. The van der Waals surface area contributed by atoms with Gasteiger partial charge in [-0.15, -0.1) is 0 Å². The van der Waals surface area contributed by atoms with Crippen LogP contribution in [0.4, 0.5) is 0 Å².